The van der Waals surface area contributed by atoms with Crippen LogP contribution in [-0.2, 0) is 14.8 Å². The Hall–Kier alpha value is -2.24. The van der Waals surface area contributed by atoms with Gasteiger partial charge in [0, 0.05) is 13.1 Å². The first-order valence-corrected chi connectivity index (χ1v) is 10.7. The number of piperidine rings is 1. The third-order valence-electron chi connectivity index (χ3n) is 3.96. The second-order valence-electron chi connectivity index (χ2n) is 5.83. The zero-order valence-corrected chi connectivity index (χ0v) is 16.4. The van der Waals surface area contributed by atoms with Crippen molar-refractivity contribution in [2.24, 2.45) is 0 Å². The van der Waals surface area contributed by atoms with E-state index in [1.165, 1.54) is 11.4 Å². The predicted molar refractivity (Wildman–Crippen MR) is 99.6 cm³/mol. The number of carbonyl (C=O) groups is 1. The molecule has 0 spiro atoms. The second kappa shape index (κ2) is 8.63. The summed E-state index contributed by atoms with van der Waals surface area (Å²) in [6.45, 7) is 0.695. The van der Waals surface area contributed by atoms with E-state index in [-0.39, 0.29) is 16.1 Å². The lowest BCUT2D eigenvalue weighted by Gasteiger charge is -2.24. The third-order valence-corrected chi connectivity index (χ3v) is 7.04. The minimum atomic E-state index is -3.66. The number of hydrogen-bond donors (Lipinski definition) is 1. The number of para-hydroxylation sites is 2. The normalized spacial score (nSPS) is 15.3. The Morgan fingerprint density at radius 2 is 1.89 bits per heavy atom. The van der Waals surface area contributed by atoms with E-state index in [2.05, 4.69) is 15.5 Å². The van der Waals surface area contributed by atoms with E-state index in [0.29, 0.717) is 24.6 Å². The Bertz CT molecular complexity index is 894. The number of nitrogens with one attached hydrogen (secondary N) is 1. The highest BCUT2D eigenvalue weighted by molar-refractivity contribution is 7.91. The Kier molecular flexibility index (Phi) is 6.24. The van der Waals surface area contributed by atoms with Gasteiger partial charge in [-0.15, -0.1) is 10.2 Å². The minimum Gasteiger partial charge on any atom is -0.493 e. The summed E-state index contributed by atoms with van der Waals surface area (Å²) >= 11 is 0.827. The molecule has 2 aromatic rings. The van der Waals surface area contributed by atoms with E-state index >= 15 is 0 Å². The number of nitrogens with zero attached hydrogens (tertiary/aromatic N) is 3. The van der Waals surface area contributed by atoms with Gasteiger partial charge in [-0.05, 0) is 25.0 Å². The molecule has 0 saturated carbocycles. The number of hydrogen-bond acceptors (Lipinski definition) is 8. The number of rotatable bonds is 7. The lowest BCUT2D eigenvalue weighted by molar-refractivity contribution is -0.118. The van der Waals surface area contributed by atoms with Crippen molar-refractivity contribution in [3.05, 3.63) is 24.3 Å². The van der Waals surface area contributed by atoms with E-state index in [4.69, 9.17) is 9.47 Å². The van der Waals surface area contributed by atoms with Crippen molar-refractivity contribution in [1.29, 1.82) is 0 Å². The molecule has 146 valence electrons. The molecule has 11 heteroatoms. The van der Waals surface area contributed by atoms with Gasteiger partial charge in [-0.3, -0.25) is 10.1 Å². The van der Waals surface area contributed by atoms with Crippen molar-refractivity contribution >= 4 is 32.4 Å². The zero-order valence-electron chi connectivity index (χ0n) is 14.8. The van der Waals surface area contributed by atoms with Crippen molar-refractivity contribution in [1.82, 2.24) is 14.5 Å². The van der Waals surface area contributed by atoms with Gasteiger partial charge in [0.05, 0.1) is 7.11 Å². The molecule has 1 aromatic heterocycles. The molecule has 27 heavy (non-hydrogen) atoms. The minimum absolute atomic E-state index is 0.110. The molecule has 9 nitrogen and oxygen atoms in total. The first-order valence-electron chi connectivity index (χ1n) is 8.40. The van der Waals surface area contributed by atoms with Crippen LogP contribution in [0.25, 0.3) is 0 Å². The number of anilines is 1. The van der Waals surface area contributed by atoms with E-state index in [0.717, 1.165) is 30.6 Å². The molecule has 1 aliphatic rings. The summed E-state index contributed by atoms with van der Waals surface area (Å²) in [5.74, 6) is 0.468. The molecule has 1 aliphatic heterocycles. The number of carbonyl (C=O) groups excluding carboxylic acids is 1. The molecule has 1 N–H and O–H groups in total. The zero-order chi connectivity index (χ0) is 19.3. The monoisotopic (exact) mass is 412 g/mol. The van der Waals surface area contributed by atoms with Crippen LogP contribution in [0.2, 0.25) is 0 Å². The van der Waals surface area contributed by atoms with Gasteiger partial charge in [0.1, 0.15) is 0 Å². The van der Waals surface area contributed by atoms with Gasteiger partial charge in [-0.25, -0.2) is 8.42 Å². The number of aromatic nitrogens is 2. The van der Waals surface area contributed by atoms with Crippen molar-refractivity contribution in [2.45, 2.75) is 23.6 Å². The van der Waals surface area contributed by atoms with Gasteiger partial charge in [-0.1, -0.05) is 29.9 Å². The van der Waals surface area contributed by atoms with Crippen LogP contribution < -0.4 is 14.8 Å². The Balaban J connectivity index is 1.59. The molecule has 0 unspecified atom stereocenters. The van der Waals surface area contributed by atoms with Crippen LogP contribution in [0.4, 0.5) is 5.13 Å². The van der Waals surface area contributed by atoms with Crippen LogP contribution in [-0.4, -0.2) is 55.6 Å². The van der Waals surface area contributed by atoms with Crippen LogP contribution in [0.5, 0.6) is 11.5 Å². The average molecular weight is 412 g/mol. The van der Waals surface area contributed by atoms with Crippen molar-refractivity contribution in [3.8, 4) is 11.5 Å². The first kappa shape index (κ1) is 19.5. The fraction of sp³-hybridized carbons (Fsp3) is 0.438. The van der Waals surface area contributed by atoms with Crippen LogP contribution in [0.1, 0.15) is 19.3 Å². The Morgan fingerprint density at radius 1 is 1.19 bits per heavy atom. The van der Waals surface area contributed by atoms with Crippen LogP contribution >= 0.6 is 11.3 Å². The molecule has 3 rings (SSSR count). The van der Waals surface area contributed by atoms with Gasteiger partial charge in [0.15, 0.2) is 18.1 Å². The highest BCUT2D eigenvalue weighted by atomic mass is 32.2. The predicted octanol–water partition coefficient (Wildman–Crippen LogP) is 1.74. The maximum absolute atomic E-state index is 12.6. The summed E-state index contributed by atoms with van der Waals surface area (Å²) in [5, 5.41) is 10.1. The molecular formula is C16H20N4O5S2. The summed E-state index contributed by atoms with van der Waals surface area (Å²) < 4.78 is 37.0. The third kappa shape index (κ3) is 4.73. The number of amides is 1. The van der Waals surface area contributed by atoms with Crippen LogP contribution in [0, 0.1) is 0 Å². The van der Waals surface area contributed by atoms with E-state index in [1.807, 2.05) is 0 Å². The number of benzene rings is 1. The van der Waals surface area contributed by atoms with Crippen LogP contribution in [0.15, 0.2) is 28.6 Å². The summed E-state index contributed by atoms with van der Waals surface area (Å²) in [6, 6.07) is 6.95. The van der Waals surface area contributed by atoms with Gasteiger partial charge in [0.25, 0.3) is 15.9 Å². The summed E-state index contributed by atoms with van der Waals surface area (Å²) in [7, 11) is -2.15. The Labute approximate surface area is 161 Å². The van der Waals surface area contributed by atoms with Gasteiger partial charge in [-0.2, -0.15) is 4.31 Å². The number of methoxy groups -OCH3 is 1. The van der Waals surface area contributed by atoms with Gasteiger partial charge in [0.2, 0.25) is 9.47 Å². The Morgan fingerprint density at radius 3 is 2.59 bits per heavy atom. The topological polar surface area (TPSA) is 111 Å². The highest BCUT2D eigenvalue weighted by Crippen LogP contribution is 2.27. The lowest BCUT2D eigenvalue weighted by Crippen LogP contribution is -2.35. The number of sulfonamides is 1. The standard InChI is InChI=1S/C16H20N4O5S2/c1-24-12-7-3-4-8-13(12)25-11-14(21)17-15-18-19-16(26-15)27(22,23)20-9-5-2-6-10-20/h3-4,7-8H,2,5-6,9-11H2,1H3,(H,17,18,21). The van der Waals surface area contributed by atoms with Crippen molar-refractivity contribution < 1.29 is 22.7 Å². The summed E-state index contributed by atoms with van der Waals surface area (Å²) in [4.78, 5) is 12.0. The van der Waals surface area contributed by atoms with Crippen molar-refractivity contribution in [2.75, 3.05) is 32.1 Å². The molecule has 1 saturated heterocycles. The first-order chi connectivity index (χ1) is 13.0. The largest absolute Gasteiger partial charge is 0.493 e. The maximum Gasteiger partial charge on any atom is 0.272 e. The van der Waals surface area contributed by atoms with Gasteiger partial charge < -0.3 is 9.47 Å². The average Bonchev–Trinajstić information content (AvgIpc) is 3.16. The molecule has 0 bridgehead atoms. The molecule has 1 aromatic carbocycles. The fourth-order valence-electron chi connectivity index (χ4n) is 2.62. The smallest absolute Gasteiger partial charge is 0.272 e. The number of ether oxygens (including phenoxy) is 2. The molecular weight excluding hydrogens is 392 g/mol. The van der Waals surface area contributed by atoms with Gasteiger partial charge >= 0.3 is 0 Å². The molecule has 2 heterocycles. The molecule has 1 amide bonds. The van der Waals surface area contributed by atoms with E-state index < -0.39 is 15.9 Å². The maximum atomic E-state index is 12.6. The molecule has 0 radical (unpaired) electrons. The summed E-state index contributed by atoms with van der Waals surface area (Å²) in [5.41, 5.74) is 0. The van der Waals surface area contributed by atoms with Crippen LogP contribution in [0.3, 0.4) is 0 Å². The summed E-state index contributed by atoms with van der Waals surface area (Å²) in [6.07, 6.45) is 2.69. The quantitative estimate of drug-likeness (QED) is 0.690. The second-order valence-corrected chi connectivity index (χ2v) is 8.91. The molecule has 0 aliphatic carbocycles. The molecule has 0 atom stereocenters. The molecule has 1 fully saturated rings. The lowest BCUT2D eigenvalue weighted by atomic mass is 10.2. The van der Waals surface area contributed by atoms with E-state index in [1.54, 1.807) is 24.3 Å². The fourth-order valence-corrected chi connectivity index (χ4v) is 5.19. The highest BCUT2D eigenvalue weighted by Gasteiger charge is 2.29. The van der Waals surface area contributed by atoms with E-state index in [9.17, 15) is 13.2 Å². The van der Waals surface area contributed by atoms with Crippen molar-refractivity contribution in [3.63, 3.8) is 0 Å². The SMILES string of the molecule is COc1ccccc1OCC(=O)Nc1nnc(S(=O)(=O)N2CCCCC2)s1.